The summed E-state index contributed by atoms with van der Waals surface area (Å²) in [5, 5.41) is 10.9. The third kappa shape index (κ3) is 6.88. The molecule has 3 rings (SSSR count). The van der Waals surface area contributed by atoms with E-state index in [2.05, 4.69) is 9.71 Å². The zero-order chi connectivity index (χ0) is 26.3. The average Bonchev–Trinajstić information content (AvgIpc) is 2.84. The lowest BCUT2D eigenvalue weighted by atomic mass is 10.1. The minimum absolute atomic E-state index is 0.0462. The minimum atomic E-state index is -4.09. The van der Waals surface area contributed by atoms with Gasteiger partial charge in [0.2, 0.25) is 21.8 Å². The van der Waals surface area contributed by atoms with Crippen LogP contribution < -0.4 is 15.9 Å². The van der Waals surface area contributed by atoms with Crippen molar-refractivity contribution in [2.24, 2.45) is 10.7 Å². The highest BCUT2D eigenvalue weighted by Gasteiger charge is 2.31. The van der Waals surface area contributed by atoms with Crippen molar-refractivity contribution in [3.63, 3.8) is 0 Å². The Balaban J connectivity index is 1.79. The fourth-order valence-corrected chi connectivity index (χ4v) is 5.45. The molecule has 0 spiro atoms. The van der Waals surface area contributed by atoms with E-state index < -0.39 is 27.0 Å². The summed E-state index contributed by atoms with van der Waals surface area (Å²) in [6.45, 7) is 2.78. The highest BCUT2D eigenvalue weighted by Crippen LogP contribution is 2.23. The number of aliphatic imine (C=N–C) groups is 1. The first-order chi connectivity index (χ1) is 17.1. The lowest BCUT2D eigenvalue weighted by Gasteiger charge is -2.36. The number of rotatable bonds is 9. The molecule has 36 heavy (non-hydrogen) atoms. The summed E-state index contributed by atoms with van der Waals surface area (Å²) >= 11 is 0. The number of sulfonamides is 1. The third-order valence-electron chi connectivity index (χ3n) is 5.81. The molecule has 0 radical (unpaired) electrons. The van der Waals surface area contributed by atoms with Gasteiger partial charge in [-0.05, 0) is 24.3 Å². The van der Waals surface area contributed by atoms with Crippen molar-refractivity contribution >= 4 is 38.6 Å². The van der Waals surface area contributed by atoms with Crippen molar-refractivity contribution in [1.82, 2.24) is 19.9 Å². The minimum Gasteiger partial charge on any atom is -0.365 e. The van der Waals surface area contributed by atoms with E-state index in [4.69, 9.17) is 5.73 Å². The largest absolute Gasteiger partial charge is 0.365 e. The van der Waals surface area contributed by atoms with Crippen molar-refractivity contribution < 1.29 is 23.0 Å². The first-order valence-corrected chi connectivity index (χ1v) is 12.8. The summed E-state index contributed by atoms with van der Waals surface area (Å²) in [4.78, 5) is 42.5. The standard InChI is InChI=1S/C22H29N7O6S/c1-16(30)27-12-14-28(15-13-27)21(31)19(9-5-11-24-22(23)25-29(32)33)26-36(34,35)20-10-4-7-17-6-2-3-8-18(17)20/h2-4,6-8,10,19,26H,5,9,11-15H2,1H3,(H3,23,24,25)/t19-/m0/s1. The van der Waals surface area contributed by atoms with Gasteiger partial charge in [-0.2, -0.15) is 4.72 Å². The first kappa shape index (κ1) is 26.8. The van der Waals surface area contributed by atoms with Crippen LogP contribution >= 0.6 is 0 Å². The second kappa shape index (κ2) is 11.8. The number of amides is 2. The Morgan fingerprint density at radius 2 is 1.75 bits per heavy atom. The zero-order valence-electron chi connectivity index (χ0n) is 19.8. The molecule has 1 aliphatic rings. The summed E-state index contributed by atoms with van der Waals surface area (Å²) in [5.74, 6) is -0.893. The van der Waals surface area contributed by atoms with E-state index in [0.717, 1.165) is 5.39 Å². The van der Waals surface area contributed by atoms with Gasteiger partial charge in [0.1, 0.15) is 6.04 Å². The second-order valence-corrected chi connectivity index (χ2v) is 9.94. The molecule has 1 aliphatic heterocycles. The van der Waals surface area contributed by atoms with Gasteiger partial charge in [-0.3, -0.25) is 9.59 Å². The normalized spacial score (nSPS) is 15.5. The van der Waals surface area contributed by atoms with E-state index in [-0.39, 0.29) is 49.2 Å². The number of benzene rings is 2. The van der Waals surface area contributed by atoms with Crippen LogP contribution in [0.5, 0.6) is 0 Å². The predicted octanol–water partition coefficient (Wildman–Crippen LogP) is 0.0536. The number of nitrogens with two attached hydrogens (primary N) is 1. The molecule has 0 saturated carbocycles. The van der Waals surface area contributed by atoms with Crippen LogP contribution in [0.1, 0.15) is 19.8 Å². The number of nitrogens with one attached hydrogen (secondary N) is 2. The Hall–Kier alpha value is -3.78. The van der Waals surface area contributed by atoms with Crippen LogP contribution in [-0.2, 0) is 19.6 Å². The molecule has 2 amide bonds. The molecular formula is C22H29N7O6S. The molecule has 0 unspecified atom stereocenters. The predicted molar refractivity (Wildman–Crippen MR) is 133 cm³/mol. The van der Waals surface area contributed by atoms with Gasteiger partial charge in [0, 0.05) is 45.0 Å². The van der Waals surface area contributed by atoms with Crippen molar-refractivity contribution in [3.05, 3.63) is 52.6 Å². The number of nitrogens with zero attached hydrogens (tertiary/aromatic N) is 4. The molecule has 1 fully saturated rings. The zero-order valence-corrected chi connectivity index (χ0v) is 20.6. The Morgan fingerprint density at radius 3 is 2.42 bits per heavy atom. The van der Waals surface area contributed by atoms with Gasteiger partial charge in [-0.15, -0.1) is 0 Å². The number of guanidine groups is 1. The van der Waals surface area contributed by atoms with Gasteiger partial charge in [-0.1, -0.05) is 41.8 Å². The Labute approximate surface area is 208 Å². The lowest BCUT2D eigenvalue weighted by Crippen LogP contribution is -2.55. The molecule has 2 aromatic rings. The maximum atomic E-state index is 13.4. The number of carbonyl (C=O) groups excluding carboxylic acids is 2. The van der Waals surface area contributed by atoms with Crippen molar-refractivity contribution in [3.8, 4) is 0 Å². The molecule has 1 atom stereocenters. The van der Waals surface area contributed by atoms with Gasteiger partial charge in [0.25, 0.3) is 5.96 Å². The van der Waals surface area contributed by atoms with Gasteiger partial charge in [0.15, 0.2) is 5.03 Å². The molecule has 14 heteroatoms. The summed E-state index contributed by atoms with van der Waals surface area (Å²) in [6, 6.07) is 10.8. The van der Waals surface area contributed by atoms with Crippen molar-refractivity contribution in [2.75, 3.05) is 32.7 Å². The number of carbonyl (C=O) groups is 2. The average molecular weight is 520 g/mol. The van der Waals surface area contributed by atoms with Crippen LogP contribution in [0.3, 0.4) is 0 Å². The van der Waals surface area contributed by atoms with E-state index in [1.807, 2.05) is 0 Å². The number of hydrazine groups is 1. The highest BCUT2D eigenvalue weighted by molar-refractivity contribution is 7.89. The Morgan fingerprint density at radius 1 is 1.11 bits per heavy atom. The SMILES string of the molecule is CC(=O)N1CCN(C(=O)[C@H](CCCN=C(N)N[N+](=O)[O-])NS(=O)(=O)c2cccc3ccccc23)CC1. The van der Waals surface area contributed by atoms with Crippen molar-refractivity contribution in [1.29, 1.82) is 0 Å². The van der Waals surface area contributed by atoms with E-state index in [9.17, 15) is 28.1 Å². The van der Waals surface area contributed by atoms with Gasteiger partial charge in [-0.25, -0.2) is 23.5 Å². The summed E-state index contributed by atoms with van der Waals surface area (Å²) in [7, 11) is -4.09. The van der Waals surface area contributed by atoms with Crippen LogP contribution in [0.4, 0.5) is 0 Å². The fourth-order valence-electron chi connectivity index (χ4n) is 4.00. The maximum absolute atomic E-state index is 13.4. The topological polar surface area (TPSA) is 180 Å². The van der Waals surface area contributed by atoms with Crippen LogP contribution in [0, 0.1) is 10.1 Å². The monoisotopic (exact) mass is 519 g/mol. The maximum Gasteiger partial charge on any atom is 0.251 e. The second-order valence-electron chi connectivity index (χ2n) is 8.26. The molecule has 0 aliphatic carbocycles. The first-order valence-electron chi connectivity index (χ1n) is 11.3. The van der Waals surface area contributed by atoms with Crippen LogP contribution in [0.15, 0.2) is 52.4 Å². The van der Waals surface area contributed by atoms with Crippen LogP contribution in [0.2, 0.25) is 0 Å². The van der Waals surface area contributed by atoms with Crippen LogP contribution in [0.25, 0.3) is 10.8 Å². The highest BCUT2D eigenvalue weighted by atomic mass is 32.2. The smallest absolute Gasteiger partial charge is 0.251 e. The van der Waals surface area contributed by atoms with E-state index >= 15 is 0 Å². The molecule has 4 N–H and O–H groups in total. The lowest BCUT2D eigenvalue weighted by molar-refractivity contribution is -0.525. The molecule has 0 aromatic heterocycles. The number of fused-ring (bicyclic) bond motifs is 1. The fraction of sp³-hybridized carbons (Fsp3) is 0.409. The molecule has 1 saturated heterocycles. The quantitative estimate of drug-likeness (QED) is 0.137. The van der Waals surface area contributed by atoms with E-state index in [1.165, 1.54) is 17.9 Å². The Kier molecular flexibility index (Phi) is 8.77. The van der Waals surface area contributed by atoms with Gasteiger partial charge < -0.3 is 15.5 Å². The molecule has 1 heterocycles. The van der Waals surface area contributed by atoms with Gasteiger partial charge >= 0.3 is 0 Å². The number of hydrogen-bond donors (Lipinski definition) is 3. The van der Waals surface area contributed by atoms with Crippen molar-refractivity contribution in [2.45, 2.75) is 30.7 Å². The Bertz CT molecular complexity index is 1250. The number of nitro groups is 1. The summed E-state index contributed by atoms with van der Waals surface area (Å²) in [6.07, 6.45) is 0.326. The molecule has 2 aromatic carbocycles. The van der Waals surface area contributed by atoms with Gasteiger partial charge in [0.05, 0.1) is 4.90 Å². The molecule has 194 valence electrons. The number of piperazine rings is 1. The number of hydrogen-bond acceptors (Lipinski definition) is 7. The molecule has 0 bridgehead atoms. The van der Waals surface area contributed by atoms with Crippen LogP contribution in [-0.4, -0.2) is 79.8 Å². The van der Waals surface area contributed by atoms with E-state index in [1.54, 1.807) is 46.7 Å². The molecule has 13 nitrogen and oxygen atoms in total. The van der Waals surface area contributed by atoms with E-state index in [0.29, 0.717) is 18.5 Å². The third-order valence-corrected chi connectivity index (χ3v) is 7.34. The summed E-state index contributed by atoms with van der Waals surface area (Å²) < 4.78 is 29.3. The summed E-state index contributed by atoms with van der Waals surface area (Å²) in [5.41, 5.74) is 7.14. The molecular weight excluding hydrogens is 490 g/mol.